The summed E-state index contributed by atoms with van der Waals surface area (Å²) in [6.07, 6.45) is 0. The molecule has 0 fully saturated rings. The minimum atomic E-state index is -0.888. The molecular weight excluding hydrogens is 270 g/mol. The van der Waals surface area contributed by atoms with Gasteiger partial charge in [-0.05, 0) is 44.7 Å². The van der Waals surface area contributed by atoms with Crippen LogP contribution in [0.15, 0.2) is 22.7 Å². The number of halogens is 1. The number of aromatic carboxylic acids is 1. The summed E-state index contributed by atoms with van der Waals surface area (Å²) in [5.74, 6) is -0.888. The summed E-state index contributed by atoms with van der Waals surface area (Å²) in [6, 6.07) is 5.53. The third kappa shape index (κ3) is 3.32. The molecule has 0 amide bonds. The number of rotatable bonds is 4. The largest absolute Gasteiger partial charge is 0.478 e. The summed E-state index contributed by atoms with van der Waals surface area (Å²) >= 11 is 3.44. The Morgan fingerprint density at radius 2 is 2.12 bits per heavy atom. The molecule has 0 bridgehead atoms. The zero-order chi connectivity index (χ0) is 12.3. The summed E-state index contributed by atoms with van der Waals surface area (Å²) in [4.78, 5) is 13.0. The lowest BCUT2D eigenvalue weighted by Gasteiger charge is -2.21. The smallest absolute Gasteiger partial charge is 0.335 e. The fourth-order valence-corrected chi connectivity index (χ4v) is 1.65. The molecular formula is C12H16BrNO2. The Hall–Kier alpha value is -0.870. The summed E-state index contributed by atoms with van der Waals surface area (Å²) in [5.41, 5.74) is 1.33. The summed E-state index contributed by atoms with van der Waals surface area (Å²) < 4.78 is 0.949. The number of hydrogen-bond acceptors (Lipinski definition) is 2. The van der Waals surface area contributed by atoms with Crippen molar-refractivity contribution in [2.45, 2.75) is 26.4 Å². The third-order valence-electron chi connectivity index (χ3n) is 2.59. The zero-order valence-electron chi connectivity index (χ0n) is 9.70. The van der Waals surface area contributed by atoms with Crippen LogP contribution in [0.1, 0.15) is 29.8 Å². The maximum Gasteiger partial charge on any atom is 0.335 e. The van der Waals surface area contributed by atoms with Crippen LogP contribution >= 0.6 is 15.9 Å². The van der Waals surface area contributed by atoms with Gasteiger partial charge in [0.05, 0.1) is 5.56 Å². The average molecular weight is 286 g/mol. The molecule has 0 saturated heterocycles. The van der Waals surface area contributed by atoms with E-state index in [1.807, 2.05) is 7.05 Å². The van der Waals surface area contributed by atoms with E-state index in [1.165, 1.54) is 0 Å². The van der Waals surface area contributed by atoms with Crippen molar-refractivity contribution in [2.75, 3.05) is 7.05 Å². The molecule has 88 valence electrons. The van der Waals surface area contributed by atoms with Gasteiger partial charge in [-0.25, -0.2) is 4.79 Å². The van der Waals surface area contributed by atoms with E-state index >= 15 is 0 Å². The van der Waals surface area contributed by atoms with E-state index in [1.54, 1.807) is 18.2 Å². The predicted octanol–water partition coefficient (Wildman–Crippen LogP) is 2.99. The monoisotopic (exact) mass is 285 g/mol. The molecule has 16 heavy (non-hydrogen) atoms. The highest BCUT2D eigenvalue weighted by Gasteiger charge is 2.10. The Kier molecular flexibility index (Phi) is 4.50. The van der Waals surface area contributed by atoms with Gasteiger partial charge in [0.25, 0.3) is 0 Å². The highest BCUT2D eigenvalue weighted by atomic mass is 79.9. The fourth-order valence-electron chi connectivity index (χ4n) is 1.28. The second-order valence-corrected chi connectivity index (χ2v) is 4.97. The molecule has 1 aromatic rings. The van der Waals surface area contributed by atoms with Gasteiger partial charge in [0.2, 0.25) is 0 Å². The van der Waals surface area contributed by atoms with Gasteiger partial charge < -0.3 is 5.11 Å². The van der Waals surface area contributed by atoms with Crippen LogP contribution < -0.4 is 0 Å². The molecule has 1 N–H and O–H groups in total. The molecule has 0 spiro atoms. The van der Waals surface area contributed by atoms with Gasteiger partial charge in [0, 0.05) is 17.1 Å². The Morgan fingerprint density at radius 3 is 2.62 bits per heavy atom. The Morgan fingerprint density at radius 1 is 1.50 bits per heavy atom. The van der Waals surface area contributed by atoms with Crippen LogP contribution in [-0.4, -0.2) is 29.1 Å². The van der Waals surface area contributed by atoms with Gasteiger partial charge in [-0.15, -0.1) is 0 Å². The molecule has 0 aliphatic heterocycles. The summed E-state index contributed by atoms with van der Waals surface area (Å²) in [5, 5.41) is 8.91. The van der Waals surface area contributed by atoms with Gasteiger partial charge in [0.15, 0.2) is 0 Å². The lowest BCUT2D eigenvalue weighted by molar-refractivity contribution is 0.0696. The van der Waals surface area contributed by atoms with Crippen molar-refractivity contribution in [1.82, 2.24) is 4.90 Å². The first kappa shape index (κ1) is 13.2. The Balaban J connectivity index is 2.94. The van der Waals surface area contributed by atoms with Crippen LogP contribution in [0.25, 0.3) is 0 Å². The molecule has 0 saturated carbocycles. The number of benzene rings is 1. The standard InChI is InChI=1S/C12H16BrNO2/c1-8(2)14(3)7-10-6-9(12(15)16)4-5-11(10)13/h4-6,8H,7H2,1-3H3,(H,15,16). The maximum atomic E-state index is 10.9. The molecule has 1 rings (SSSR count). The van der Waals surface area contributed by atoms with Gasteiger partial charge >= 0.3 is 5.97 Å². The second-order valence-electron chi connectivity index (χ2n) is 4.12. The Labute approximate surface area is 104 Å². The first-order valence-corrected chi connectivity index (χ1v) is 5.93. The highest BCUT2D eigenvalue weighted by molar-refractivity contribution is 9.10. The van der Waals surface area contributed by atoms with Gasteiger partial charge in [-0.3, -0.25) is 4.90 Å². The molecule has 0 atom stereocenters. The van der Waals surface area contributed by atoms with Crippen LogP contribution in [0.4, 0.5) is 0 Å². The Bertz CT molecular complexity index is 391. The van der Waals surface area contributed by atoms with Gasteiger partial charge in [0.1, 0.15) is 0 Å². The van der Waals surface area contributed by atoms with E-state index in [0.717, 1.165) is 16.6 Å². The minimum absolute atomic E-state index is 0.329. The molecule has 0 aliphatic carbocycles. The number of nitrogens with zero attached hydrogens (tertiary/aromatic N) is 1. The number of carboxylic acids is 1. The molecule has 0 heterocycles. The minimum Gasteiger partial charge on any atom is -0.478 e. The lowest BCUT2D eigenvalue weighted by atomic mass is 10.1. The molecule has 0 radical (unpaired) electrons. The number of carbonyl (C=O) groups is 1. The summed E-state index contributed by atoms with van der Waals surface area (Å²) in [6.45, 7) is 4.95. The third-order valence-corrected chi connectivity index (χ3v) is 3.37. The molecule has 0 unspecified atom stereocenters. The van der Waals surface area contributed by atoms with Gasteiger partial charge in [-0.2, -0.15) is 0 Å². The van der Waals surface area contributed by atoms with Gasteiger partial charge in [-0.1, -0.05) is 15.9 Å². The quantitative estimate of drug-likeness (QED) is 0.925. The van der Waals surface area contributed by atoms with Crippen molar-refractivity contribution in [1.29, 1.82) is 0 Å². The fraction of sp³-hybridized carbons (Fsp3) is 0.417. The van der Waals surface area contributed by atoms with E-state index < -0.39 is 5.97 Å². The molecule has 0 aromatic heterocycles. The summed E-state index contributed by atoms with van der Waals surface area (Å²) in [7, 11) is 2.02. The van der Waals surface area contributed by atoms with E-state index in [4.69, 9.17) is 5.11 Å². The lowest BCUT2D eigenvalue weighted by Crippen LogP contribution is -2.25. The highest BCUT2D eigenvalue weighted by Crippen LogP contribution is 2.20. The van der Waals surface area contributed by atoms with E-state index in [2.05, 4.69) is 34.7 Å². The van der Waals surface area contributed by atoms with E-state index in [9.17, 15) is 4.79 Å². The van der Waals surface area contributed by atoms with Crippen LogP contribution in [-0.2, 0) is 6.54 Å². The first-order chi connectivity index (χ1) is 7.41. The second kappa shape index (κ2) is 5.46. The van der Waals surface area contributed by atoms with Crippen LogP contribution in [0.5, 0.6) is 0 Å². The molecule has 3 nitrogen and oxygen atoms in total. The van der Waals surface area contributed by atoms with E-state index in [-0.39, 0.29) is 0 Å². The maximum absolute atomic E-state index is 10.9. The van der Waals surface area contributed by atoms with Crippen molar-refractivity contribution in [3.05, 3.63) is 33.8 Å². The van der Waals surface area contributed by atoms with E-state index in [0.29, 0.717) is 11.6 Å². The first-order valence-electron chi connectivity index (χ1n) is 5.13. The number of carboxylic acid groups (broad SMARTS) is 1. The van der Waals surface area contributed by atoms with Crippen LogP contribution in [0.2, 0.25) is 0 Å². The number of hydrogen-bond donors (Lipinski definition) is 1. The average Bonchev–Trinajstić information content (AvgIpc) is 2.20. The molecule has 0 aliphatic rings. The van der Waals surface area contributed by atoms with Crippen LogP contribution in [0, 0.1) is 0 Å². The van der Waals surface area contributed by atoms with Crippen molar-refractivity contribution in [3.63, 3.8) is 0 Å². The van der Waals surface area contributed by atoms with Crippen molar-refractivity contribution < 1.29 is 9.90 Å². The predicted molar refractivity (Wildman–Crippen MR) is 67.7 cm³/mol. The topological polar surface area (TPSA) is 40.5 Å². The SMILES string of the molecule is CC(C)N(C)Cc1cc(C(=O)O)ccc1Br. The van der Waals surface area contributed by atoms with Crippen LogP contribution in [0.3, 0.4) is 0 Å². The van der Waals surface area contributed by atoms with Crippen molar-refractivity contribution in [3.8, 4) is 0 Å². The molecule has 1 aromatic carbocycles. The van der Waals surface area contributed by atoms with Crippen molar-refractivity contribution >= 4 is 21.9 Å². The normalized spacial score (nSPS) is 11.1. The molecule has 4 heteroatoms. The van der Waals surface area contributed by atoms with Crippen molar-refractivity contribution in [2.24, 2.45) is 0 Å². The zero-order valence-corrected chi connectivity index (χ0v) is 11.3.